The maximum absolute atomic E-state index is 12.0. The molecular weight excluding hydrogens is 250 g/mol. The fourth-order valence-corrected chi connectivity index (χ4v) is 2.59. The Morgan fingerprint density at radius 1 is 1.44 bits per heavy atom. The first-order valence-electron chi connectivity index (χ1n) is 6.17. The molecule has 4 nitrogen and oxygen atoms in total. The summed E-state index contributed by atoms with van der Waals surface area (Å²) in [6, 6.07) is 3.96. The molecule has 1 aromatic rings. The molecule has 98 valence electrons. The van der Waals surface area contributed by atoms with Crippen LogP contribution < -0.4 is 5.32 Å². The zero-order valence-corrected chi connectivity index (χ0v) is 11.4. The van der Waals surface area contributed by atoms with Gasteiger partial charge in [-0.1, -0.05) is 11.6 Å². The van der Waals surface area contributed by atoms with Crippen LogP contribution in [0.2, 0.25) is 5.02 Å². The number of likely N-dealkylation sites (N-methyl/N-ethyl adjacent to an activating group) is 1. The molecule has 1 aromatic heterocycles. The lowest BCUT2D eigenvalue weighted by molar-refractivity contribution is 0.0914. The van der Waals surface area contributed by atoms with Crippen molar-refractivity contribution in [1.29, 1.82) is 0 Å². The van der Waals surface area contributed by atoms with Crippen LogP contribution in [-0.4, -0.2) is 42.0 Å². The lowest BCUT2D eigenvalue weighted by Crippen LogP contribution is -2.46. The molecule has 1 aliphatic carbocycles. The number of carbonyl (C=O) groups is 1. The molecule has 1 fully saturated rings. The van der Waals surface area contributed by atoms with Crippen LogP contribution in [0.3, 0.4) is 0 Å². The third kappa shape index (κ3) is 3.00. The SMILES string of the molecule is CN(C)[C@@H]1CCC[C@H]1NC(=O)c1ccc(Cl)cn1. The lowest BCUT2D eigenvalue weighted by atomic mass is 10.1. The normalized spacial score (nSPS) is 23.3. The van der Waals surface area contributed by atoms with Crippen molar-refractivity contribution in [1.82, 2.24) is 15.2 Å². The molecule has 5 heteroatoms. The van der Waals surface area contributed by atoms with Gasteiger partial charge in [-0.25, -0.2) is 4.98 Å². The highest BCUT2D eigenvalue weighted by atomic mass is 35.5. The standard InChI is InChI=1S/C13H18ClN3O/c1-17(2)12-5-3-4-10(12)16-13(18)11-7-6-9(14)8-15-11/h6-8,10,12H,3-5H2,1-2H3,(H,16,18)/t10-,12-/m1/s1. The molecule has 1 heterocycles. The summed E-state index contributed by atoms with van der Waals surface area (Å²) in [5.74, 6) is -0.120. The summed E-state index contributed by atoms with van der Waals surface area (Å²) in [6.07, 6.45) is 4.81. The lowest BCUT2D eigenvalue weighted by Gasteiger charge is -2.26. The van der Waals surface area contributed by atoms with Crippen molar-refractivity contribution < 1.29 is 4.79 Å². The summed E-state index contributed by atoms with van der Waals surface area (Å²) in [4.78, 5) is 18.3. The largest absolute Gasteiger partial charge is 0.346 e. The van der Waals surface area contributed by atoms with Crippen LogP contribution in [-0.2, 0) is 0 Å². The van der Waals surface area contributed by atoms with Gasteiger partial charge in [0.25, 0.3) is 5.91 Å². The number of aromatic nitrogens is 1. The number of rotatable bonds is 3. The van der Waals surface area contributed by atoms with E-state index in [4.69, 9.17) is 11.6 Å². The molecule has 2 atom stereocenters. The zero-order chi connectivity index (χ0) is 13.1. The minimum Gasteiger partial charge on any atom is -0.346 e. The van der Waals surface area contributed by atoms with E-state index in [1.807, 2.05) is 0 Å². The van der Waals surface area contributed by atoms with Crippen LogP contribution in [0.1, 0.15) is 29.8 Å². The molecule has 18 heavy (non-hydrogen) atoms. The van der Waals surface area contributed by atoms with Crippen molar-refractivity contribution in [2.45, 2.75) is 31.3 Å². The number of nitrogens with one attached hydrogen (secondary N) is 1. The monoisotopic (exact) mass is 267 g/mol. The Kier molecular flexibility index (Phi) is 4.19. The van der Waals surface area contributed by atoms with Crippen molar-refractivity contribution in [3.63, 3.8) is 0 Å². The van der Waals surface area contributed by atoms with Crippen molar-refractivity contribution in [3.05, 3.63) is 29.0 Å². The van der Waals surface area contributed by atoms with Crippen LogP contribution >= 0.6 is 11.6 Å². The molecule has 0 unspecified atom stereocenters. The van der Waals surface area contributed by atoms with E-state index in [0.29, 0.717) is 16.8 Å². The van der Waals surface area contributed by atoms with Crippen LogP contribution in [0.4, 0.5) is 0 Å². The molecule has 0 aromatic carbocycles. The van der Waals surface area contributed by atoms with E-state index in [0.717, 1.165) is 19.3 Å². The van der Waals surface area contributed by atoms with Gasteiger partial charge in [0.05, 0.1) is 5.02 Å². The predicted molar refractivity (Wildman–Crippen MR) is 71.8 cm³/mol. The van der Waals surface area contributed by atoms with E-state index in [9.17, 15) is 4.79 Å². The highest BCUT2D eigenvalue weighted by Gasteiger charge is 2.30. The second kappa shape index (κ2) is 5.67. The quantitative estimate of drug-likeness (QED) is 0.910. The number of pyridine rings is 1. The second-order valence-electron chi connectivity index (χ2n) is 4.90. The fourth-order valence-electron chi connectivity index (χ4n) is 2.48. The maximum Gasteiger partial charge on any atom is 0.270 e. The minimum absolute atomic E-state index is 0.120. The second-order valence-corrected chi connectivity index (χ2v) is 5.34. The van der Waals surface area contributed by atoms with Gasteiger partial charge in [0.2, 0.25) is 0 Å². The van der Waals surface area contributed by atoms with E-state index in [2.05, 4.69) is 29.3 Å². The summed E-state index contributed by atoms with van der Waals surface area (Å²) in [6.45, 7) is 0. The van der Waals surface area contributed by atoms with Gasteiger partial charge in [0, 0.05) is 18.3 Å². The highest BCUT2D eigenvalue weighted by Crippen LogP contribution is 2.22. The first kappa shape index (κ1) is 13.3. The van der Waals surface area contributed by atoms with E-state index in [1.54, 1.807) is 12.1 Å². The number of halogens is 1. The molecule has 0 aliphatic heterocycles. The fraction of sp³-hybridized carbons (Fsp3) is 0.538. The first-order chi connectivity index (χ1) is 8.58. The van der Waals surface area contributed by atoms with E-state index < -0.39 is 0 Å². The van der Waals surface area contributed by atoms with Crippen LogP contribution in [0.5, 0.6) is 0 Å². The van der Waals surface area contributed by atoms with E-state index in [1.165, 1.54) is 6.20 Å². The number of hydrogen-bond acceptors (Lipinski definition) is 3. The van der Waals surface area contributed by atoms with Crippen LogP contribution in [0, 0.1) is 0 Å². The summed E-state index contributed by atoms with van der Waals surface area (Å²) in [5.41, 5.74) is 0.420. The molecule has 0 spiro atoms. The molecule has 0 saturated heterocycles. The Labute approximate surface area is 112 Å². The Balaban J connectivity index is 2.01. The Morgan fingerprint density at radius 3 is 2.83 bits per heavy atom. The molecule has 1 N–H and O–H groups in total. The predicted octanol–water partition coefficient (Wildman–Crippen LogP) is 1.95. The summed E-state index contributed by atoms with van der Waals surface area (Å²) < 4.78 is 0. The van der Waals surface area contributed by atoms with Crippen molar-refractivity contribution in [2.24, 2.45) is 0 Å². The van der Waals surface area contributed by atoms with Gasteiger partial charge in [-0.15, -0.1) is 0 Å². The number of hydrogen-bond donors (Lipinski definition) is 1. The third-order valence-electron chi connectivity index (χ3n) is 3.42. The molecule has 1 aliphatic rings. The van der Waals surface area contributed by atoms with Gasteiger partial charge in [-0.3, -0.25) is 4.79 Å². The van der Waals surface area contributed by atoms with Gasteiger partial charge in [0.15, 0.2) is 0 Å². The number of carbonyl (C=O) groups excluding carboxylic acids is 1. The van der Waals surface area contributed by atoms with Crippen LogP contribution in [0.25, 0.3) is 0 Å². The molecule has 1 amide bonds. The molecule has 0 radical (unpaired) electrons. The molecule has 2 rings (SSSR count). The molecule has 0 bridgehead atoms. The molecular formula is C13H18ClN3O. The van der Waals surface area contributed by atoms with E-state index in [-0.39, 0.29) is 11.9 Å². The minimum atomic E-state index is -0.120. The summed E-state index contributed by atoms with van der Waals surface area (Å²) in [5, 5.41) is 3.60. The highest BCUT2D eigenvalue weighted by molar-refractivity contribution is 6.30. The van der Waals surface area contributed by atoms with Crippen LogP contribution in [0.15, 0.2) is 18.3 Å². The summed E-state index contributed by atoms with van der Waals surface area (Å²) in [7, 11) is 4.10. The summed E-state index contributed by atoms with van der Waals surface area (Å²) >= 11 is 5.75. The van der Waals surface area contributed by atoms with Gasteiger partial charge in [0.1, 0.15) is 5.69 Å². The smallest absolute Gasteiger partial charge is 0.270 e. The average molecular weight is 268 g/mol. The Hall–Kier alpha value is -1.13. The zero-order valence-electron chi connectivity index (χ0n) is 10.7. The average Bonchev–Trinajstić information content (AvgIpc) is 2.78. The third-order valence-corrected chi connectivity index (χ3v) is 3.64. The van der Waals surface area contributed by atoms with Crippen molar-refractivity contribution in [3.8, 4) is 0 Å². The maximum atomic E-state index is 12.0. The number of amides is 1. The molecule has 1 saturated carbocycles. The Morgan fingerprint density at radius 2 is 2.22 bits per heavy atom. The Bertz CT molecular complexity index is 419. The first-order valence-corrected chi connectivity index (χ1v) is 6.54. The topological polar surface area (TPSA) is 45.2 Å². The van der Waals surface area contributed by atoms with Gasteiger partial charge >= 0.3 is 0 Å². The van der Waals surface area contributed by atoms with Gasteiger partial charge in [-0.05, 0) is 45.5 Å². The van der Waals surface area contributed by atoms with Crippen molar-refractivity contribution in [2.75, 3.05) is 14.1 Å². The van der Waals surface area contributed by atoms with Gasteiger partial charge < -0.3 is 10.2 Å². The van der Waals surface area contributed by atoms with Gasteiger partial charge in [-0.2, -0.15) is 0 Å². The van der Waals surface area contributed by atoms with E-state index >= 15 is 0 Å². The van der Waals surface area contributed by atoms with Crippen molar-refractivity contribution >= 4 is 17.5 Å². The number of nitrogens with zero attached hydrogens (tertiary/aromatic N) is 2.